The molecule has 1 aromatic rings. The maximum atomic E-state index is 12.1. The molecule has 0 aromatic heterocycles. The average Bonchev–Trinajstić information content (AvgIpc) is 2.55. The lowest BCUT2D eigenvalue weighted by Gasteiger charge is -2.34. The molecule has 1 fully saturated rings. The largest absolute Gasteiger partial charge is 0.495 e. The number of nitrogens with zero attached hydrogens (tertiary/aromatic N) is 1. The molecule has 0 aliphatic carbocycles. The van der Waals surface area contributed by atoms with E-state index in [-0.39, 0.29) is 11.9 Å². The Morgan fingerprint density at radius 1 is 1.35 bits per heavy atom. The van der Waals surface area contributed by atoms with Crippen molar-refractivity contribution >= 4 is 11.6 Å². The Labute approximate surface area is 139 Å². The second-order valence-electron chi connectivity index (χ2n) is 6.34. The van der Waals surface area contributed by atoms with Crippen LogP contribution in [-0.4, -0.2) is 51.8 Å². The Hall–Kier alpha value is -1.75. The molecule has 5 nitrogen and oxygen atoms in total. The van der Waals surface area contributed by atoms with Crippen molar-refractivity contribution in [1.29, 1.82) is 0 Å². The molecule has 0 radical (unpaired) electrons. The van der Waals surface area contributed by atoms with Crippen molar-refractivity contribution in [3.05, 3.63) is 24.3 Å². The number of para-hydroxylation sites is 2. The van der Waals surface area contributed by atoms with Gasteiger partial charge in [0.05, 0.1) is 39.0 Å². The van der Waals surface area contributed by atoms with Gasteiger partial charge in [-0.1, -0.05) is 25.5 Å². The normalized spacial score (nSPS) is 16.9. The maximum Gasteiger partial charge on any atom is 0.275 e. The average molecular weight is 320 g/mol. The number of piperazine rings is 1. The highest BCUT2D eigenvalue weighted by atomic mass is 16.5. The van der Waals surface area contributed by atoms with E-state index >= 15 is 0 Å². The molecular formula is C18H30N3O2+. The van der Waals surface area contributed by atoms with E-state index in [1.54, 1.807) is 7.11 Å². The van der Waals surface area contributed by atoms with Crippen molar-refractivity contribution in [1.82, 2.24) is 5.32 Å². The lowest BCUT2D eigenvalue weighted by molar-refractivity contribution is -0.892. The van der Waals surface area contributed by atoms with Gasteiger partial charge in [-0.25, -0.2) is 0 Å². The molecule has 128 valence electrons. The fourth-order valence-electron chi connectivity index (χ4n) is 3.19. The first-order valence-electron chi connectivity index (χ1n) is 8.65. The van der Waals surface area contributed by atoms with Gasteiger partial charge in [0, 0.05) is 6.04 Å². The van der Waals surface area contributed by atoms with Crippen LogP contribution in [0.5, 0.6) is 5.75 Å². The third-order valence-electron chi connectivity index (χ3n) is 4.44. The van der Waals surface area contributed by atoms with E-state index in [4.69, 9.17) is 4.74 Å². The van der Waals surface area contributed by atoms with Crippen LogP contribution in [0.15, 0.2) is 24.3 Å². The molecule has 1 amide bonds. The number of benzene rings is 1. The topological polar surface area (TPSA) is 46.0 Å². The lowest BCUT2D eigenvalue weighted by atomic mass is 10.2. The Kier molecular flexibility index (Phi) is 6.71. The summed E-state index contributed by atoms with van der Waals surface area (Å²) in [5, 5.41) is 3.10. The highest BCUT2D eigenvalue weighted by molar-refractivity contribution is 5.77. The van der Waals surface area contributed by atoms with Crippen molar-refractivity contribution in [3.63, 3.8) is 0 Å². The molecule has 23 heavy (non-hydrogen) atoms. The zero-order valence-corrected chi connectivity index (χ0v) is 14.6. The molecule has 1 saturated heterocycles. The molecular weight excluding hydrogens is 290 g/mol. The predicted octanol–water partition coefficient (Wildman–Crippen LogP) is 0.705. The molecule has 1 atom stereocenters. The van der Waals surface area contributed by atoms with Crippen LogP contribution >= 0.6 is 0 Å². The fourth-order valence-corrected chi connectivity index (χ4v) is 3.19. The molecule has 1 aliphatic heterocycles. The molecule has 0 unspecified atom stereocenters. The van der Waals surface area contributed by atoms with E-state index in [2.05, 4.69) is 30.1 Å². The van der Waals surface area contributed by atoms with E-state index in [0.717, 1.165) is 50.5 Å². The first-order valence-corrected chi connectivity index (χ1v) is 8.65. The van der Waals surface area contributed by atoms with Crippen LogP contribution in [0.1, 0.15) is 26.7 Å². The smallest absolute Gasteiger partial charge is 0.275 e. The second kappa shape index (κ2) is 8.77. The molecule has 0 spiro atoms. The standard InChI is InChI=1S/C18H29N3O2/c1-4-7-15(2)19-18(22)14-20-10-12-21(13-11-20)16-8-5-6-9-17(16)23-3/h5-6,8-9,15H,4,7,10-14H2,1-3H3,(H,19,22)/p+1/t15-/m1/s1. The van der Waals surface area contributed by atoms with Gasteiger partial charge >= 0.3 is 0 Å². The monoisotopic (exact) mass is 320 g/mol. The van der Waals surface area contributed by atoms with Crippen molar-refractivity contribution in [3.8, 4) is 5.75 Å². The van der Waals surface area contributed by atoms with Gasteiger partial charge in [0.15, 0.2) is 6.54 Å². The minimum absolute atomic E-state index is 0.173. The Morgan fingerprint density at radius 2 is 2.04 bits per heavy atom. The van der Waals surface area contributed by atoms with Gasteiger partial charge in [-0.15, -0.1) is 0 Å². The number of methoxy groups -OCH3 is 1. The van der Waals surface area contributed by atoms with Crippen LogP contribution in [0.4, 0.5) is 5.69 Å². The first-order chi connectivity index (χ1) is 11.1. The van der Waals surface area contributed by atoms with Crippen molar-refractivity contribution < 1.29 is 14.4 Å². The van der Waals surface area contributed by atoms with Crippen LogP contribution in [0.3, 0.4) is 0 Å². The molecule has 1 aliphatic rings. The summed E-state index contributed by atoms with van der Waals surface area (Å²) in [4.78, 5) is 15.8. The van der Waals surface area contributed by atoms with Gasteiger partial charge in [0.2, 0.25) is 0 Å². The number of carbonyl (C=O) groups excluding carboxylic acids is 1. The van der Waals surface area contributed by atoms with Crippen molar-refractivity contribution in [2.45, 2.75) is 32.7 Å². The summed E-state index contributed by atoms with van der Waals surface area (Å²) >= 11 is 0. The van der Waals surface area contributed by atoms with Gasteiger partial charge in [0.25, 0.3) is 5.91 Å². The van der Waals surface area contributed by atoms with Crippen LogP contribution < -0.4 is 19.9 Å². The summed E-state index contributed by atoms with van der Waals surface area (Å²) < 4.78 is 5.44. The zero-order valence-electron chi connectivity index (χ0n) is 14.6. The summed E-state index contributed by atoms with van der Waals surface area (Å²) in [6.45, 7) is 8.66. The van der Waals surface area contributed by atoms with Gasteiger partial charge in [-0.3, -0.25) is 4.79 Å². The van der Waals surface area contributed by atoms with Gasteiger partial charge in [-0.2, -0.15) is 0 Å². The van der Waals surface area contributed by atoms with Crippen molar-refractivity contribution in [2.75, 3.05) is 44.7 Å². The van der Waals surface area contributed by atoms with Gasteiger partial charge in [-0.05, 0) is 25.5 Å². The van der Waals surface area contributed by atoms with Crippen LogP contribution in [0.25, 0.3) is 0 Å². The minimum Gasteiger partial charge on any atom is -0.495 e. The number of nitrogens with one attached hydrogen (secondary N) is 2. The summed E-state index contributed by atoms with van der Waals surface area (Å²) in [5.41, 5.74) is 1.15. The third kappa shape index (κ3) is 5.13. The zero-order chi connectivity index (χ0) is 16.7. The fraction of sp³-hybridized carbons (Fsp3) is 0.611. The van der Waals surface area contributed by atoms with Crippen LogP contribution in [-0.2, 0) is 4.79 Å². The summed E-state index contributed by atoms with van der Waals surface area (Å²) in [6, 6.07) is 8.41. The molecule has 0 saturated carbocycles. The van der Waals surface area contributed by atoms with E-state index < -0.39 is 0 Å². The molecule has 1 aromatic carbocycles. The predicted molar refractivity (Wildman–Crippen MR) is 93.3 cm³/mol. The highest BCUT2D eigenvalue weighted by Crippen LogP contribution is 2.27. The highest BCUT2D eigenvalue weighted by Gasteiger charge is 2.24. The van der Waals surface area contributed by atoms with Gasteiger partial charge < -0.3 is 19.9 Å². The van der Waals surface area contributed by atoms with E-state index in [1.165, 1.54) is 4.90 Å². The maximum absolute atomic E-state index is 12.1. The quantitative estimate of drug-likeness (QED) is 0.778. The SMILES string of the molecule is CCC[C@@H](C)NC(=O)C[NH+]1CCN(c2ccccc2OC)CC1. The summed E-state index contributed by atoms with van der Waals surface area (Å²) in [6.07, 6.45) is 2.15. The number of ether oxygens (including phenoxy) is 1. The molecule has 2 N–H and O–H groups in total. The third-order valence-corrected chi connectivity index (χ3v) is 4.44. The number of hydrogen-bond donors (Lipinski definition) is 2. The van der Waals surface area contributed by atoms with Crippen molar-refractivity contribution in [2.24, 2.45) is 0 Å². The lowest BCUT2D eigenvalue weighted by Crippen LogP contribution is -3.16. The number of rotatable bonds is 7. The number of anilines is 1. The van der Waals surface area contributed by atoms with E-state index in [1.807, 2.05) is 18.2 Å². The number of hydrogen-bond acceptors (Lipinski definition) is 3. The van der Waals surface area contributed by atoms with Crippen LogP contribution in [0, 0.1) is 0 Å². The van der Waals surface area contributed by atoms with E-state index in [0.29, 0.717) is 6.54 Å². The van der Waals surface area contributed by atoms with E-state index in [9.17, 15) is 4.79 Å². The van der Waals surface area contributed by atoms with Crippen LogP contribution in [0.2, 0.25) is 0 Å². The molecule has 0 bridgehead atoms. The van der Waals surface area contributed by atoms with Gasteiger partial charge in [0.1, 0.15) is 5.75 Å². The Balaban J connectivity index is 1.81. The first kappa shape index (κ1) is 17.6. The Morgan fingerprint density at radius 3 is 2.70 bits per heavy atom. The summed E-state index contributed by atoms with van der Waals surface area (Å²) in [7, 11) is 1.71. The summed E-state index contributed by atoms with van der Waals surface area (Å²) in [5.74, 6) is 1.09. The number of quaternary nitrogens is 1. The Bertz CT molecular complexity index is 499. The number of carbonyl (C=O) groups is 1. The molecule has 5 heteroatoms. The minimum atomic E-state index is 0.173. The molecule has 2 rings (SSSR count). The molecule has 1 heterocycles. The second-order valence-corrected chi connectivity index (χ2v) is 6.34. The number of amides is 1.